The molecule has 0 heterocycles. The van der Waals surface area contributed by atoms with Crippen LogP contribution in [0.3, 0.4) is 0 Å². The van der Waals surface area contributed by atoms with Gasteiger partial charge in [0.2, 0.25) is 0 Å². The van der Waals surface area contributed by atoms with Gasteiger partial charge >= 0.3 is 0 Å². The zero-order valence-electron chi connectivity index (χ0n) is 10.2. The third kappa shape index (κ3) is 3.41. The quantitative estimate of drug-likeness (QED) is 0.821. The normalized spacial score (nSPS) is 12.2. The minimum atomic E-state index is -0.231. The summed E-state index contributed by atoms with van der Waals surface area (Å²) < 4.78 is 0. The Bertz CT molecular complexity index is 361. The summed E-state index contributed by atoms with van der Waals surface area (Å²) >= 11 is 7.99. The van der Waals surface area contributed by atoms with Crippen molar-refractivity contribution in [2.75, 3.05) is 6.61 Å². The summed E-state index contributed by atoms with van der Waals surface area (Å²) in [4.78, 5) is 1.11. The Balaban J connectivity index is 2.99. The first-order valence-electron chi connectivity index (χ1n) is 5.44. The van der Waals surface area contributed by atoms with E-state index < -0.39 is 0 Å². The Morgan fingerprint density at radius 3 is 2.44 bits per heavy atom. The maximum absolute atomic E-state index is 9.30. The van der Waals surface area contributed by atoms with Crippen LogP contribution < -0.4 is 0 Å². The molecule has 0 aromatic heterocycles. The maximum Gasteiger partial charge on any atom is 0.0544 e. The molecule has 16 heavy (non-hydrogen) atoms. The summed E-state index contributed by atoms with van der Waals surface area (Å²) in [6.07, 6.45) is 0. The van der Waals surface area contributed by atoms with Crippen molar-refractivity contribution < 1.29 is 5.11 Å². The van der Waals surface area contributed by atoms with E-state index in [4.69, 9.17) is 11.6 Å². The lowest BCUT2D eigenvalue weighted by atomic mass is 9.86. The van der Waals surface area contributed by atoms with Crippen LogP contribution in [0.15, 0.2) is 23.1 Å². The summed E-state index contributed by atoms with van der Waals surface area (Å²) in [5, 5.41) is 10.6. The molecule has 90 valence electrons. The highest BCUT2D eigenvalue weighted by Crippen LogP contribution is 2.34. The van der Waals surface area contributed by atoms with Gasteiger partial charge in [0.1, 0.15) is 0 Å². The van der Waals surface area contributed by atoms with Crippen molar-refractivity contribution in [2.45, 2.75) is 43.3 Å². The lowest BCUT2D eigenvalue weighted by molar-refractivity contribution is 0.218. The Morgan fingerprint density at radius 1 is 1.38 bits per heavy atom. The molecule has 1 nitrogen and oxygen atoms in total. The van der Waals surface area contributed by atoms with Crippen molar-refractivity contribution in [3.63, 3.8) is 0 Å². The van der Waals surface area contributed by atoms with Crippen LogP contribution >= 0.6 is 23.4 Å². The molecule has 1 aromatic carbocycles. The average Bonchev–Trinajstić information content (AvgIpc) is 2.20. The topological polar surface area (TPSA) is 20.2 Å². The van der Waals surface area contributed by atoms with E-state index in [-0.39, 0.29) is 12.0 Å². The van der Waals surface area contributed by atoms with Gasteiger partial charge < -0.3 is 5.11 Å². The number of aliphatic hydroxyl groups is 1. The molecule has 0 aliphatic rings. The van der Waals surface area contributed by atoms with Gasteiger partial charge in [0, 0.05) is 15.6 Å². The first kappa shape index (κ1) is 13.9. The highest BCUT2D eigenvalue weighted by Gasteiger charge is 2.20. The van der Waals surface area contributed by atoms with Gasteiger partial charge in [-0.3, -0.25) is 0 Å². The minimum Gasteiger partial charge on any atom is -0.395 e. The molecule has 0 spiro atoms. The zero-order chi connectivity index (χ0) is 12.3. The summed E-state index contributed by atoms with van der Waals surface area (Å²) in [7, 11) is 0. The van der Waals surface area contributed by atoms with Crippen LogP contribution in [0.5, 0.6) is 0 Å². The monoisotopic (exact) mass is 258 g/mol. The lowest BCUT2D eigenvalue weighted by Gasteiger charge is -2.23. The number of thioether (sulfide) groups is 1. The van der Waals surface area contributed by atoms with Gasteiger partial charge in [0.15, 0.2) is 0 Å². The molecule has 0 fully saturated rings. The van der Waals surface area contributed by atoms with Crippen LogP contribution in [-0.2, 0) is 5.41 Å². The summed E-state index contributed by atoms with van der Waals surface area (Å²) in [6.45, 7) is 8.43. The molecule has 1 aromatic rings. The summed E-state index contributed by atoms with van der Waals surface area (Å²) in [5.74, 6) is 0. The average molecular weight is 259 g/mol. The van der Waals surface area contributed by atoms with E-state index in [2.05, 4.69) is 13.8 Å². The van der Waals surface area contributed by atoms with E-state index in [1.54, 1.807) is 11.8 Å². The van der Waals surface area contributed by atoms with Gasteiger partial charge in [0.05, 0.1) is 11.6 Å². The minimum absolute atomic E-state index is 0.125. The van der Waals surface area contributed by atoms with E-state index in [1.165, 1.54) is 0 Å². The maximum atomic E-state index is 9.30. The fourth-order valence-corrected chi connectivity index (χ4v) is 2.50. The molecule has 0 atom stereocenters. The van der Waals surface area contributed by atoms with Crippen LogP contribution in [0.4, 0.5) is 0 Å². The van der Waals surface area contributed by atoms with Gasteiger partial charge in [-0.25, -0.2) is 0 Å². The number of hydrogen-bond acceptors (Lipinski definition) is 2. The number of rotatable bonds is 4. The van der Waals surface area contributed by atoms with Crippen LogP contribution in [0.2, 0.25) is 5.02 Å². The van der Waals surface area contributed by atoms with Crippen molar-refractivity contribution >= 4 is 23.4 Å². The number of halogens is 1. The van der Waals surface area contributed by atoms with Gasteiger partial charge in [-0.2, -0.15) is 0 Å². The second-order valence-electron chi connectivity index (χ2n) is 4.85. The van der Waals surface area contributed by atoms with Crippen LogP contribution in [0.25, 0.3) is 0 Å². The lowest BCUT2D eigenvalue weighted by Crippen LogP contribution is -2.21. The summed E-state index contributed by atoms with van der Waals surface area (Å²) in [5.41, 5.74) is 0.845. The number of benzene rings is 1. The standard InChI is InChI=1S/C13H19ClOS/c1-9(2)16-12-6-5-10(7-11(12)14)13(3,4)8-15/h5-7,9,15H,8H2,1-4H3. The van der Waals surface area contributed by atoms with Crippen molar-refractivity contribution in [2.24, 2.45) is 0 Å². The van der Waals surface area contributed by atoms with Crippen molar-refractivity contribution in [3.05, 3.63) is 28.8 Å². The SMILES string of the molecule is CC(C)Sc1ccc(C(C)(C)CO)cc1Cl. The van der Waals surface area contributed by atoms with Gasteiger partial charge in [-0.05, 0) is 17.7 Å². The van der Waals surface area contributed by atoms with E-state index in [0.29, 0.717) is 5.25 Å². The molecule has 0 bridgehead atoms. The highest BCUT2D eigenvalue weighted by atomic mass is 35.5. The molecule has 3 heteroatoms. The van der Waals surface area contributed by atoms with Gasteiger partial charge in [-0.1, -0.05) is 45.4 Å². The molecule has 0 saturated heterocycles. The van der Waals surface area contributed by atoms with Crippen molar-refractivity contribution in [1.82, 2.24) is 0 Å². The van der Waals surface area contributed by atoms with Crippen molar-refractivity contribution in [3.8, 4) is 0 Å². The third-order valence-corrected chi connectivity index (χ3v) is 3.98. The Kier molecular flexibility index (Phi) is 4.72. The first-order valence-corrected chi connectivity index (χ1v) is 6.70. The molecule has 0 unspecified atom stereocenters. The van der Waals surface area contributed by atoms with Crippen LogP contribution in [0.1, 0.15) is 33.3 Å². The molecule has 1 N–H and O–H groups in total. The third-order valence-electron chi connectivity index (χ3n) is 2.47. The van der Waals surface area contributed by atoms with E-state index in [1.807, 2.05) is 32.0 Å². The summed E-state index contributed by atoms with van der Waals surface area (Å²) in [6, 6.07) is 6.05. The van der Waals surface area contributed by atoms with Crippen LogP contribution in [0, 0.1) is 0 Å². The fraction of sp³-hybridized carbons (Fsp3) is 0.538. The van der Waals surface area contributed by atoms with Gasteiger partial charge in [-0.15, -0.1) is 11.8 Å². The molecule has 0 aliphatic carbocycles. The van der Waals surface area contributed by atoms with E-state index in [9.17, 15) is 5.11 Å². The molecular formula is C13H19ClOS. The molecule has 0 saturated carbocycles. The van der Waals surface area contributed by atoms with Crippen LogP contribution in [-0.4, -0.2) is 17.0 Å². The Labute approximate surface area is 107 Å². The second-order valence-corrected chi connectivity index (χ2v) is 6.88. The number of hydrogen-bond donors (Lipinski definition) is 1. The largest absolute Gasteiger partial charge is 0.395 e. The van der Waals surface area contributed by atoms with Gasteiger partial charge in [0.25, 0.3) is 0 Å². The Morgan fingerprint density at radius 2 is 2.00 bits per heavy atom. The second kappa shape index (κ2) is 5.44. The smallest absolute Gasteiger partial charge is 0.0544 e. The predicted octanol–water partition coefficient (Wildman–Crippen LogP) is 4.11. The molecule has 0 amide bonds. The molecular weight excluding hydrogens is 240 g/mol. The molecule has 0 aliphatic heterocycles. The zero-order valence-corrected chi connectivity index (χ0v) is 11.8. The molecule has 0 radical (unpaired) electrons. The Hall–Kier alpha value is -0.180. The fourth-order valence-electron chi connectivity index (χ4n) is 1.36. The molecule has 1 rings (SSSR count). The van der Waals surface area contributed by atoms with E-state index >= 15 is 0 Å². The van der Waals surface area contributed by atoms with Crippen molar-refractivity contribution in [1.29, 1.82) is 0 Å². The predicted molar refractivity (Wildman–Crippen MR) is 72.6 cm³/mol. The highest BCUT2D eigenvalue weighted by molar-refractivity contribution is 8.00. The first-order chi connectivity index (χ1) is 7.36. The van der Waals surface area contributed by atoms with E-state index in [0.717, 1.165) is 15.5 Å². The number of aliphatic hydroxyl groups excluding tert-OH is 1.